The van der Waals surface area contributed by atoms with Crippen LogP contribution in [0.1, 0.15) is 104 Å². The van der Waals surface area contributed by atoms with Crippen LogP contribution in [-0.4, -0.2) is 69.2 Å². The summed E-state index contributed by atoms with van der Waals surface area (Å²) in [5.74, 6) is -0.387. The molecule has 0 bridgehead atoms. The Kier molecular flexibility index (Phi) is 21.1. The topological polar surface area (TPSA) is 155 Å². The summed E-state index contributed by atoms with van der Waals surface area (Å²) in [6, 6.07) is -0.911. The van der Waals surface area contributed by atoms with E-state index in [0.29, 0.717) is 13.2 Å². The van der Waals surface area contributed by atoms with Crippen molar-refractivity contribution in [2.75, 3.05) is 33.5 Å². The van der Waals surface area contributed by atoms with Gasteiger partial charge in [0, 0.05) is 29.5 Å². The first-order valence-corrected chi connectivity index (χ1v) is 14.7. The van der Waals surface area contributed by atoms with E-state index in [1.54, 1.807) is 14.0 Å². The smallest absolute Gasteiger partial charge is 0.169 e. The minimum atomic E-state index is -0.985. The van der Waals surface area contributed by atoms with E-state index < -0.39 is 24.5 Å². The van der Waals surface area contributed by atoms with E-state index in [0.717, 1.165) is 12.8 Å². The molecule has 6 atom stereocenters. The van der Waals surface area contributed by atoms with Gasteiger partial charge in [-0.15, -0.1) is 0 Å². The van der Waals surface area contributed by atoms with Gasteiger partial charge in [0.05, 0.1) is 32.0 Å². The number of hydrogen-bond acceptors (Lipinski definition) is 7. The van der Waals surface area contributed by atoms with E-state index in [9.17, 15) is 5.11 Å². The number of azide groups is 2. The average Bonchev–Trinajstić information content (AvgIpc) is 2.92. The summed E-state index contributed by atoms with van der Waals surface area (Å²) in [5.41, 5.74) is 17.5. The highest BCUT2D eigenvalue weighted by Gasteiger charge is 2.43. The van der Waals surface area contributed by atoms with E-state index in [2.05, 4.69) is 27.0 Å². The van der Waals surface area contributed by atoms with Gasteiger partial charge in [0.2, 0.25) is 0 Å². The van der Waals surface area contributed by atoms with E-state index in [4.69, 9.17) is 30.0 Å². The van der Waals surface area contributed by atoms with Gasteiger partial charge in [-0.25, -0.2) is 0 Å². The normalized spacial score (nSPS) is 23.9. The first-order chi connectivity index (χ1) is 18.6. The Bertz CT molecular complexity index is 672. The number of nitrogens with zero attached hydrogens (tertiary/aromatic N) is 6. The van der Waals surface area contributed by atoms with Crippen molar-refractivity contribution in [3.8, 4) is 0 Å². The summed E-state index contributed by atoms with van der Waals surface area (Å²) in [6.07, 6.45) is 15.7. The first kappa shape index (κ1) is 34.4. The number of methoxy groups -OCH3 is 1. The molecule has 1 heterocycles. The van der Waals surface area contributed by atoms with Crippen molar-refractivity contribution < 1.29 is 24.1 Å². The molecule has 220 valence electrons. The number of hydrogen-bond donors (Lipinski definition) is 1. The fourth-order valence-corrected chi connectivity index (χ4v) is 4.71. The molecular formula is C27H52N6O5. The van der Waals surface area contributed by atoms with Crippen LogP contribution in [0.25, 0.3) is 20.9 Å². The van der Waals surface area contributed by atoms with Crippen molar-refractivity contribution in [1.29, 1.82) is 0 Å². The largest absolute Gasteiger partial charge is 0.392 e. The molecule has 0 aliphatic carbocycles. The van der Waals surface area contributed by atoms with Crippen molar-refractivity contribution in [1.82, 2.24) is 0 Å². The van der Waals surface area contributed by atoms with E-state index in [-0.39, 0.29) is 25.2 Å². The highest BCUT2D eigenvalue weighted by molar-refractivity contribution is 4.92. The maximum atomic E-state index is 10.6. The monoisotopic (exact) mass is 540 g/mol. The van der Waals surface area contributed by atoms with Gasteiger partial charge in [-0.1, -0.05) is 108 Å². The van der Waals surface area contributed by atoms with Crippen molar-refractivity contribution in [2.24, 2.45) is 16.1 Å². The lowest BCUT2D eigenvalue weighted by molar-refractivity contribution is -0.249. The van der Waals surface area contributed by atoms with Gasteiger partial charge < -0.3 is 24.1 Å². The Morgan fingerprint density at radius 3 is 1.97 bits per heavy atom. The molecular weight excluding hydrogens is 488 g/mol. The fraction of sp³-hybridized carbons (Fsp3) is 1.00. The minimum Gasteiger partial charge on any atom is -0.392 e. The molecule has 0 amide bonds. The Morgan fingerprint density at radius 2 is 1.45 bits per heavy atom. The fourth-order valence-electron chi connectivity index (χ4n) is 4.71. The predicted octanol–water partition coefficient (Wildman–Crippen LogP) is 7.23. The van der Waals surface area contributed by atoms with E-state index in [1.165, 1.54) is 77.0 Å². The van der Waals surface area contributed by atoms with Gasteiger partial charge in [0.15, 0.2) is 6.29 Å². The molecule has 1 aliphatic heterocycles. The molecule has 0 spiro atoms. The number of aliphatic hydroxyl groups is 1. The van der Waals surface area contributed by atoms with Crippen LogP contribution < -0.4 is 0 Å². The summed E-state index contributed by atoms with van der Waals surface area (Å²) in [5, 5.41) is 17.8. The summed E-state index contributed by atoms with van der Waals surface area (Å²) < 4.78 is 22.9. The predicted molar refractivity (Wildman–Crippen MR) is 149 cm³/mol. The Balaban J connectivity index is 2.15. The highest BCUT2D eigenvalue weighted by atomic mass is 16.7. The van der Waals surface area contributed by atoms with E-state index in [1.807, 2.05) is 0 Å². The van der Waals surface area contributed by atoms with Crippen LogP contribution >= 0.6 is 0 Å². The molecule has 0 aromatic heterocycles. The van der Waals surface area contributed by atoms with Gasteiger partial charge in [-0.3, -0.25) is 0 Å². The van der Waals surface area contributed by atoms with Crippen LogP contribution in [0.3, 0.4) is 0 Å². The lowest BCUT2D eigenvalue weighted by Gasteiger charge is -2.41. The van der Waals surface area contributed by atoms with Crippen molar-refractivity contribution in [3.05, 3.63) is 20.9 Å². The number of unbranched alkanes of at least 4 members (excludes halogenated alkanes) is 13. The molecule has 0 saturated carbocycles. The Hall–Kier alpha value is -1.58. The molecule has 1 N–H and O–H groups in total. The molecule has 1 rings (SSSR count). The van der Waals surface area contributed by atoms with Crippen molar-refractivity contribution >= 4 is 0 Å². The zero-order chi connectivity index (χ0) is 27.8. The van der Waals surface area contributed by atoms with Crippen LogP contribution in [0.15, 0.2) is 10.2 Å². The van der Waals surface area contributed by atoms with Gasteiger partial charge in [0.25, 0.3) is 0 Å². The lowest BCUT2D eigenvalue weighted by Crippen LogP contribution is -2.54. The molecule has 11 heteroatoms. The minimum absolute atomic E-state index is 0.0492. The molecule has 1 aliphatic rings. The third kappa shape index (κ3) is 15.1. The standard InChI is InChI=1S/C27H52N6O5/c1-4-5-6-7-8-9-10-11-12-13-14-15-16-17-18-36-20-23(35-3)21-37-27-25(31-33-29)26(34)22(2)24(38-27)19-30-32-28/h22-27,34H,4-21H2,1-3H3/t22-,23?,24?,25?,26-,27-/m0/s1. The first-order valence-electron chi connectivity index (χ1n) is 14.7. The molecule has 0 aromatic rings. The second-order valence-corrected chi connectivity index (χ2v) is 10.4. The van der Waals surface area contributed by atoms with Crippen LogP contribution in [0.4, 0.5) is 0 Å². The molecule has 3 unspecified atom stereocenters. The van der Waals surface area contributed by atoms with Gasteiger partial charge in [0.1, 0.15) is 12.1 Å². The third-order valence-electron chi connectivity index (χ3n) is 7.30. The number of aliphatic hydroxyl groups excluding tert-OH is 1. The van der Waals surface area contributed by atoms with Crippen LogP contribution in [0.2, 0.25) is 0 Å². The second kappa shape index (κ2) is 23.3. The number of ether oxygens (including phenoxy) is 4. The molecule has 0 radical (unpaired) electrons. The number of rotatable bonds is 24. The zero-order valence-electron chi connectivity index (χ0n) is 24.0. The van der Waals surface area contributed by atoms with Crippen LogP contribution in [0.5, 0.6) is 0 Å². The summed E-state index contributed by atoms with van der Waals surface area (Å²) in [6.45, 7) is 5.25. The van der Waals surface area contributed by atoms with E-state index >= 15 is 0 Å². The lowest BCUT2D eigenvalue weighted by atomic mass is 9.89. The highest BCUT2D eigenvalue weighted by Crippen LogP contribution is 2.29. The Morgan fingerprint density at radius 1 is 0.868 bits per heavy atom. The average molecular weight is 541 g/mol. The summed E-state index contributed by atoms with van der Waals surface area (Å²) >= 11 is 0. The van der Waals surface area contributed by atoms with Crippen LogP contribution in [-0.2, 0) is 18.9 Å². The van der Waals surface area contributed by atoms with Crippen molar-refractivity contribution in [2.45, 2.75) is 134 Å². The second-order valence-electron chi connectivity index (χ2n) is 10.4. The summed E-state index contributed by atoms with van der Waals surface area (Å²) in [7, 11) is 1.58. The Labute approximate surface area is 229 Å². The van der Waals surface area contributed by atoms with Gasteiger partial charge in [-0.05, 0) is 17.5 Å². The quantitative estimate of drug-likeness (QED) is 0.0591. The van der Waals surface area contributed by atoms with Gasteiger partial charge in [-0.2, -0.15) is 0 Å². The maximum Gasteiger partial charge on any atom is 0.169 e. The van der Waals surface area contributed by atoms with Crippen LogP contribution in [0, 0.1) is 5.92 Å². The molecule has 1 saturated heterocycles. The summed E-state index contributed by atoms with van der Waals surface area (Å²) in [4.78, 5) is 5.57. The maximum absolute atomic E-state index is 10.6. The molecule has 1 fully saturated rings. The van der Waals surface area contributed by atoms with Crippen molar-refractivity contribution in [3.63, 3.8) is 0 Å². The third-order valence-corrected chi connectivity index (χ3v) is 7.30. The SMILES string of the molecule is CCCCCCCCCCCCCCCCOCC(CO[C@H]1OC(CN=[N+]=[N-])[C@H](C)[C@H](O)C1N=[N+]=[N-])OC. The molecule has 11 nitrogen and oxygen atoms in total. The zero-order valence-corrected chi connectivity index (χ0v) is 24.0. The van der Waals surface area contributed by atoms with Gasteiger partial charge >= 0.3 is 0 Å². The molecule has 0 aromatic carbocycles. The molecule has 38 heavy (non-hydrogen) atoms.